The molecule has 132 valence electrons. The van der Waals surface area contributed by atoms with Crippen LogP contribution in [0.2, 0.25) is 10.2 Å². The molecule has 0 fully saturated rings. The van der Waals surface area contributed by atoms with Gasteiger partial charge in [-0.25, -0.2) is 0 Å². The van der Waals surface area contributed by atoms with Crippen LogP contribution in [-0.2, 0) is 0 Å². The fraction of sp³-hybridized carbons (Fsp3) is 0.0556. The molecule has 3 aromatic rings. The number of nitriles is 1. The molecule has 1 heterocycles. The number of halogens is 5. The number of ether oxygens (including phenoxy) is 1. The molecule has 3 rings (SSSR count). The second kappa shape index (κ2) is 6.94. The second-order valence-electron chi connectivity index (χ2n) is 5.24. The van der Waals surface area contributed by atoms with Crippen molar-refractivity contribution >= 4 is 23.2 Å². The van der Waals surface area contributed by atoms with Crippen LogP contribution in [-0.4, -0.2) is 11.3 Å². The molecule has 0 radical (unpaired) electrons. The highest BCUT2D eigenvalue weighted by Gasteiger charge is 2.32. The molecule has 3 nitrogen and oxygen atoms in total. The Balaban J connectivity index is 2.10. The molecule has 0 saturated heterocycles. The molecule has 0 aliphatic heterocycles. The Morgan fingerprint density at radius 1 is 1.00 bits per heavy atom. The van der Waals surface area contributed by atoms with E-state index in [-0.39, 0.29) is 27.1 Å². The second-order valence-corrected chi connectivity index (χ2v) is 6.00. The van der Waals surface area contributed by atoms with E-state index in [9.17, 15) is 18.4 Å². The molecule has 26 heavy (non-hydrogen) atoms. The van der Waals surface area contributed by atoms with Gasteiger partial charge in [-0.2, -0.15) is 5.26 Å². The molecule has 1 N–H and O–H groups in total. The van der Waals surface area contributed by atoms with Crippen LogP contribution in [0.25, 0.3) is 22.4 Å². The molecule has 0 bridgehead atoms. The average molecular weight is 397 g/mol. The summed E-state index contributed by atoms with van der Waals surface area (Å²) in [6.07, 6.45) is -4.80. The van der Waals surface area contributed by atoms with Crippen LogP contribution in [0.4, 0.5) is 13.2 Å². The van der Waals surface area contributed by atoms with Gasteiger partial charge in [0.25, 0.3) is 0 Å². The maximum Gasteiger partial charge on any atom is 0.573 e. The molecule has 1 aromatic heterocycles. The Kier molecular flexibility index (Phi) is 4.86. The first-order valence-electron chi connectivity index (χ1n) is 7.23. The SMILES string of the molecule is N#Cc1c(-c2cccc(-c3ccccc3OC(F)(F)F)c2)[nH]c(Cl)c1Cl. The van der Waals surface area contributed by atoms with Crippen molar-refractivity contribution in [3.05, 3.63) is 64.3 Å². The Hall–Kier alpha value is -2.62. The maximum atomic E-state index is 12.6. The number of aromatic nitrogens is 1. The summed E-state index contributed by atoms with van der Waals surface area (Å²) in [4.78, 5) is 2.81. The van der Waals surface area contributed by atoms with Crippen molar-refractivity contribution in [1.29, 1.82) is 5.26 Å². The number of rotatable bonds is 3. The zero-order chi connectivity index (χ0) is 18.9. The third-order valence-electron chi connectivity index (χ3n) is 3.58. The zero-order valence-electron chi connectivity index (χ0n) is 12.9. The third-order valence-corrected chi connectivity index (χ3v) is 4.34. The van der Waals surface area contributed by atoms with Crippen LogP contribution >= 0.6 is 23.2 Å². The van der Waals surface area contributed by atoms with Crippen molar-refractivity contribution in [1.82, 2.24) is 4.98 Å². The van der Waals surface area contributed by atoms with Crippen molar-refractivity contribution in [2.45, 2.75) is 6.36 Å². The standard InChI is InChI=1S/C18H9Cl2F3N2O/c19-15-13(9-24)16(25-17(15)20)11-5-3-4-10(8-11)12-6-1-2-7-14(12)26-18(21,22)23/h1-8,25H. The quantitative estimate of drug-likeness (QED) is 0.554. The summed E-state index contributed by atoms with van der Waals surface area (Å²) in [5.74, 6) is -0.319. The van der Waals surface area contributed by atoms with Crippen molar-refractivity contribution in [3.8, 4) is 34.2 Å². The predicted molar refractivity (Wildman–Crippen MR) is 93.1 cm³/mol. The molecule has 0 saturated carbocycles. The van der Waals surface area contributed by atoms with E-state index in [1.165, 1.54) is 18.2 Å². The largest absolute Gasteiger partial charge is 0.573 e. The van der Waals surface area contributed by atoms with E-state index in [1.54, 1.807) is 30.3 Å². The van der Waals surface area contributed by atoms with E-state index in [0.717, 1.165) is 0 Å². The van der Waals surface area contributed by atoms with Gasteiger partial charge in [-0.3, -0.25) is 0 Å². The molecule has 0 amide bonds. The van der Waals surface area contributed by atoms with Gasteiger partial charge >= 0.3 is 6.36 Å². The van der Waals surface area contributed by atoms with Crippen molar-refractivity contribution < 1.29 is 17.9 Å². The van der Waals surface area contributed by atoms with Gasteiger partial charge in [0.05, 0.1) is 16.3 Å². The Labute approximate surface area is 156 Å². The van der Waals surface area contributed by atoms with Gasteiger partial charge in [0.15, 0.2) is 0 Å². The van der Waals surface area contributed by atoms with Gasteiger partial charge < -0.3 is 9.72 Å². The number of hydrogen-bond acceptors (Lipinski definition) is 2. The number of nitrogens with zero attached hydrogens (tertiary/aromatic N) is 1. The molecule has 0 aliphatic rings. The van der Waals surface area contributed by atoms with Crippen LogP contribution in [0.15, 0.2) is 48.5 Å². The Morgan fingerprint density at radius 2 is 1.69 bits per heavy atom. The van der Waals surface area contributed by atoms with Crippen LogP contribution in [0.5, 0.6) is 5.75 Å². The number of para-hydroxylation sites is 1. The van der Waals surface area contributed by atoms with Crippen LogP contribution in [0.1, 0.15) is 5.56 Å². The zero-order valence-corrected chi connectivity index (χ0v) is 14.4. The lowest BCUT2D eigenvalue weighted by Crippen LogP contribution is -2.17. The Morgan fingerprint density at radius 3 is 2.38 bits per heavy atom. The highest BCUT2D eigenvalue weighted by atomic mass is 35.5. The molecular formula is C18H9Cl2F3N2O. The van der Waals surface area contributed by atoms with Gasteiger partial charge in [-0.15, -0.1) is 13.2 Å². The van der Waals surface area contributed by atoms with Gasteiger partial charge in [-0.1, -0.05) is 59.6 Å². The van der Waals surface area contributed by atoms with E-state index in [0.29, 0.717) is 16.8 Å². The summed E-state index contributed by atoms with van der Waals surface area (Å²) in [6, 6.07) is 14.4. The van der Waals surface area contributed by atoms with Gasteiger partial charge in [0.1, 0.15) is 17.0 Å². The number of H-pyrrole nitrogens is 1. The summed E-state index contributed by atoms with van der Waals surface area (Å²) in [7, 11) is 0. The molecule has 0 unspecified atom stereocenters. The van der Waals surface area contributed by atoms with Crippen molar-refractivity contribution in [3.63, 3.8) is 0 Å². The summed E-state index contributed by atoms with van der Waals surface area (Å²) in [5, 5.41) is 9.48. The lowest BCUT2D eigenvalue weighted by molar-refractivity contribution is -0.274. The summed E-state index contributed by atoms with van der Waals surface area (Å²) < 4.78 is 42.0. The van der Waals surface area contributed by atoms with Gasteiger partial charge in [0.2, 0.25) is 0 Å². The van der Waals surface area contributed by atoms with Crippen molar-refractivity contribution in [2.24, 2.45) is 0 Å². The predicted octanol–water partition coefficient (Wildman–Crippen LogP) is 6.43. The van der Waals surface area contributed by atoms with E-state index < -0.39 is 6.36 Å². The van der Waals surface area contributed by atoms with E-state index in [4.69, 9.17) is 23.2 Å². The maximum absolute atomic E-state index is 12.6. The molecule has 0 aliphatic carbocycles. The minimum Gasteiger partial charge on any atom is -0.405 e. The minimum absolute atomic E-state index is 0.0929. The number of benzene rings is 2. The molecular weight excluding hydrogens is 388 g/mol. The fourth-order valence-electron chi connectivity index (χ4n) is 2.53. The first-order valence-corrected chi connectivity index (χ1v) is 7.98. The smallest absolute Gasteiger partial charge is 0.405 e. The molecule has 8 heteroatoms. The highest BCUT2D eigenvalue weighted by Crippen LogP contribution is 2.38. The molecule has 0 atom stereocenters. The normalized spacial score (nSPS) is 11.2. The highest BCUT2D eigenvalue weighted by molar-refractivity contribution is 6.42. The minimum atomic E-state index is -4.80. The monoisotopic (exact) mass is 396 g/mol. The van der Waals surface area contributed by atoms with Crippen LogP contribution in [0, 0.1) is 11.3 Å². The van der Waals surface area contributed by atoms with Crippen LogP contribution < -0.4 is 4.74 Å². The first-order chi connectivity index (χ1) is 12.3. The van der Waals surface area contributed by atoms with E-state index in [2.05, 4.69) is 9.72 Å². The number of nitrogens with one attached hydrogen (secondary N) is 1. The number of alkyl halides is 3. The lowest BCUT2D eigenvalue weighted by Gasteiger charge is -2.13. The summed E-state index contributed by atoms with van der Waals surface area (Å²) in [5.41, 5.74) is 1.84. The summed E-state index contributed by atoms with van der Waals surface area (Å²) in [6.45, 7) is 0. The van der Waals surface area contributed by atoms with Crippen LogP contribution in [0.3, 0.4) is 0 Å². The molecule has 2 aromatic carbocycles. The number of hydrogen-bond donors (Lipinski definition) is 1. The lowest BCUT2D eigenvalue weighted by atomic mass is 10.00. The van der Waals surface area contributed by atoms with Crippen molar-refractivity contribution in [2.75, 3.05) is 0 Å². The third kappa shape index (κ3) is 3.64. The average Bonchev–Trinajstić information content (AvgIpc) is 2.89. The number of aromatic amines is 1. The fourth-order valence-corrected chi connectivity index (χ4v) is 2.90. The van der Waals surface area contributed by atoms with E-state index >= 15 is 0 Å². The summed E-state index contributed by atoms with van der Waals surface area (Å²) >= 11 is 11.9. The van der Waals surface area contributed by atoms with E-state index in [1.807, 2.05) is 6.07 Å². The first kappa shape index (κ1) is 18.2. The molecule has 0 spiro atoms. The topological polar surface area (TPSA) is 48.8 Å². The van der Waals surface area contributed by atoms with Gasteiger partial charge in [-0.05, 0) is 23.3 Å². The Bertz CT molecular complexity index is 1010. The van der Waals surface area contributed by atoms with Gasteiger partial charge in [0, 0.05) is 5.56 Å².